The molecular weight excluding hydrogens is 402 g/mol. The van der Waals surface area contributed by atoms with E-state index in [4.69, 9.17) is 4.42 Å². The SMILES string of the molecule is Cc1ncc(-c2ccc3cnc(CC(=O)C4CCC(N(C)CC(F)F)CC4)nc3c2)o1. The van der Waals surface area contributed by atoms with Crippen molar-refractivity contribution in [3.05, 3.63) is 42.3 Å². The Hall–Kier alpha value is -2.74. The van der Waals surface area contributed by atoms with Crippen molar-refractivity contribution in [3.8, 4) is 11.3 Å². The van der Waals surface area contributed by atoms with Crippen molar-refractivity contribution in [1.82, 2.24) is 19.9 Å². The lowest BCUT2D eigenvalue weighted by Crippen LogP contribution is -2.39. The molecule has 0 aliphatic heterocycles. The zero-order valence-electron chi connectivity index (χ0n) is 17.7. The fourth-order valence-electron chi connectivity index (χ4n) is 4.30. The van der Waals surface area contributed by atoms with Gasteiger partial charge in [-0.05, 0) is 38.8 Å². The van der Waals surface area contributed by atoms with Crippen LogP contribution in [-0.4, -0.2) is 51.7 Å². The Morgan fingerprint density at radius 2 is 1.97 bits per heavy atom. The summed E-state index contributed by atoms with van der Waals surface area (Å²) >= 11 is 0. The zero-order chi connectivity index (χ0) is 22.0. The van der Waals surface area contributed by atoms with Crippen LogP contribution in [-0.2, 0) is 11.2 Å². The van der Waals surface area contributed by atoms with Crippen LogP contribution in [0.15, 0.2) is 35.0 Å². The second-order valence-corrected chi connectivity index (χ2v) is 8.28. The average Bonchev–Trinajstić information content (AvgIpc) is 3.19. The molecule has 0 atom stereocenters. The van der Waals surface area contributed by atoms with Crippen LogP contribution < -0.4 is 0 Å². The van der Waals surface area contributed by atoms with E-state index in [1.165, 1.54) is 0 Å². The first-order valence-corrected chi connectivity index (χ1v) is 10.6. The van der Waals surface area contributed by atoms with E-state index in [-0.39, 0.29) is 30.7 Å². The molecule has 1 aliphatic carbocycles. The number of Topliss-reactive ketones (excluding diaryl/α,β-unsaturated/α-hetero) is 1. The lowest BCUT2D eigenvalue weighted by Gasteiger charge is -2.34. The number of halogens is 2. The Morgan fingerprint density at radius 1 is 1.19 bits per heavy atom. The van der Waals surface area contributed by atoms with Gasteiger partial charge in [-0.15, -0.1) is 0 Å². The molecule has 2 heterocycles. The fraction of sp³-hybridized carbons (Fsp3) is 0.478. The van der Waals surface area contributed by atoms with Gasteiger partial charge in [0.05, 0.1) is 24.7 Å². The summed E-state index contributed by atoms with van der Waals surface area (Å²) in [7, 11) is 1.73. The summed E-state index contributed by atoms with van der Waals surface area (Å²) in [6.07, 6.45) is 4.23. The highest BCUT2D eigenvalue weighted by atomic mass is 19.3. The van der Waals surface area contributed by atoms with E-state index in [1.807, 2.05) is 18.2 Å². The fourth-order valence-corrected chi connectivity index (χ4v) is 4.30. The van der Waals surface area contributed by atoms with E-state index in [2.05, 4.69) is 15.0 Å². The number of fused-ring (bicyclic) bond motifs is 1. The second-order valence-electron chi connectivity index (χ2n) is 8.28. The van der Waals surface area contributed by atoms with Crippen molar-refractivity contribution in [1.29, 1.82) is 0 Å². The first kappa shape index (κ1) is 21.5. The van der Waals surface area contributed by atoms with E-state index in [9.17, 15) is 13.6 Å². The second kappa shape index (κ2) is 9.18. The summed E-state index contributed by atoms with van der Waals surface area (Å²) in [4.78, 5) is 27.6. The molecule has 1 saturated carbocycles. The Morgan fingerprint density at radius 3 is 2.65 bits per heavy atom. The third-order valence-electron chi connectivity index (χ3n) is 6.07. The number of carbonyl (C=O) groups excluding carboxylic acids is 1. The maximum Gasteiger partial charge on any atom is 0.251 e. The molecule has 0 N–H and O–H groups in total. The first-order chi connectivity index (χ1) is 14.9. The quantitative estimate of drug-likeness (QED) is 0.553. The summed E-state index contributed by atoms with van der Waals surface area (Å²) in [5.41, 5.74) is 1.62. The lowest BCUT2D eigenvalue weighted by molar-refractivity contribution is -0.123. The average molecular weight is 428 g/mol. The number of nitrogens with zero attached hydrogens (tertiary/aromatic N) is 4. The zero-order valence-corrected chi connectivity index (χ0v) is 17.7. The van der Waals surface area contributed by atoms with Crippen molar-refractivity contribution in [2.75, 3.05) is 13.6 Å². The number of aromatic nitrogens is 3. The summed E-state index contributed by atoms with van der Waals surface area (Å²) in [6, 6.07) is 5.88. The molecule has 0 radical (unpaired) electrons. The number of ketones is 1. The van der Waals surface area contributed by atoms with Crippen LogP contribution in [0.2, 0.25) is 0 Å². The molecule has 2 aromatic heterocycles. The maximum absolute atomic E-state index is 12.8. The highest BCUT2D eigenvalue weighted by molar-refractivity contribution is 5.85. The van der Waals surface area contributed by atoms with Crippen LogP contribution >= 0.6 is 0 Å². The van der Waals surface area contributed by atoms with E-state index in [0.717, 1.165) is 42.1 Å². The Labute approximate surface area is 179 Å². The maximum atomic E-state index is 12.8. The van der Waals surface area contributed by atoms with Crippen LogP contribution in [0.3, 0.4) is 0 Å². The minimum Gasteiger partial charge on any atom is -0.441 e. The highest BCUT2D eigenvalue weighted by Gasteiger charge is 2.29. The van der Waals surface area contributed by atoms with Gasteiger partial charge < -0.3 is 4.42 Å². The van der Waals surface area contributed by atoms with E-state index >= 15 is 0 Å². The van der Waals surface area contributed by atoms with Gasteiger partial charge >= 0.3 is 0 Å². The third kappa shape index (κ3) is 5.12. The topological polar surface area (TPSA) is 72.1 Å². The van der Waals surface area contributed by atoms with Crippen molar-refractivity contribution in [2.24, 2.45) is 5.92 Å². The van der Waals surface area contributed by atoms with Gasteiger partial charge in [0.1, 0.15) is 11.6 Å². The van der Waals surface area contributed by atoms with E-state index in [0.29, 0.717) is 17.5 Å². The van der Waals surface area contributed by atoms with Gasteiger partial charge in [0.2, 0.25) is 0 Å². The molecule has 0 bridgehead atoms. The van der Waals surface area contributed by atoms with Crippen LogP contribution in [0.5, 0.6) is 0 Å². The molecule has 1 aliphatic rings. The summed E-state index contributed by atoms with van der Waals surface area (Å²) in [6.45, 7) is 1.57. The van der Waals surface area contributed by atoms with E-state index < -0.39 is 6.43 Å². The molecule has 0 amide bonds. The van der Waals surface area contributed by atoms with Crippen LogP contribution in [0.25, 0.3) is 22.2 Å². The van der Waals surface area contributed by atoms with Crippen LogP contribution in [0, 0.1) is 12.8 Å². The molecule has 4 rings (SSSR count). The molecular formula is C23H26F2N4O2. The van der Waals surface area contributed by atoms with Crippen LogP contribution in [0.1, 0.15) is 37.4 Å². The first-order valence-electron chi connectivity index (χ1n) is 10.6. The lowest BCUT2D eigenvalue weighted by atomic mass is 9.82. The number of alkyl halides is 2. The van der Waals surface area contributed by atoms with Crippen molar-refractivity contribution in [2.45, 2.75) is 51.5 Å². The number of aryl methyl sites for hydroxylation is 1. The van der Waals surface area contributed by atoms with Crippen LogP contribution in [0.4, 0.5) is 8.78 Å². The smallest absolute Gasteiger partial charge is 0.251 e. The van der Waals surface area contributed by atoms with E-state index in [1.54, 1.807) is 31.3 Å². The molecule has 0 saturated heterocycles. The van der Waals surface area contributed by atoms with Gasteiger partial charge in [0, 0.05) is 36.0 Å². The number of hydrogen-bond acceptors (Lipinski definition) is 6. The molecule has 1 aromatic carbocycles. The van der Waals surface area contributed by atoms with Gasteiger partial charge in [-0.1, -0.05) is 12.1 Å². The predicted molar refractivity (Wildman–Crippen MR) is 113 cm³/mol. The van der Waals surface area contributed by atoms with Gasteiger partial charge in [-0.25, -0.2) is 23.7 Å². The van der Waals surface area contributed by atoms with Gasteiger partial charge in [0.25, 0.3) is 6.43 Å². The number of hydrogen-bond donors (Lipinski definition) is 0. The minimum atomic E-state index is -2.33. The molecule has 6 nitrogen and oxygen atoms in total. The number of rotatable bonds is 7. The Kier molecular flexibility index (Phi) is 6.36. The predicted octanol–water partition coefficient (Wildman–Crippen LogP) is 4.46. The summed E-state index contributed by atoms with van der Waals surface area (Å²) < 4.78 is 30.8. The molecule has 31 heavy (non-hydrogen) atoms. The van der Waals surface area contributed by atoms with Crippen molar-refractivity contribution in [3.63, 3.8) is 0 Å². The summed E-state index contributed by atoms with van der Waals surface area (Å²) in [5.74, 6) is 1.83. The van der Waals surface area contributed by atoms with Gasteiger partial charge in [-0.2, -0.15) is 0 Å². The molecule has 8 heteroatoms. The molecule has 1 fully saturated rings. The number of carbonyl (C=O) groups is 1. The number of oxazole rings is 1. The molecule has 0 unspecified atom stereocenters. The number of benzene rings is 1. The Balaban J connectivity index is 1.41. The molecule has 3 aromatic rings. The molecule has 0 spiro atoms. The largest absolute Gasteiger partial charge is 0.441 e. The monoisotopic (exact) mass is 428 g/mol. The summed E-state index contributed by atoms with van der Waals surface area (Å²) in [5, 5.41) is 0.888. The van der Waals surface area contributed by atoms with Crippen molar-refractivity contribution >= 4 is 16.7 Å². The molecule has 164 valence electrons. The highest BCUT2D eigenvalue weighted by Crippen LogP contribution is 2.29. The third-order valence-corrected chi connectivity index (χ3v) is 6.07. The standard InChI is InChI=1S/C23H26F2N4O2/c1-14-26-12-21(31-14)16-3-4-17-11-27-23(28-19(17)9-16)10-20(30)15-5-7-18(8-6-15)29(2)13-22(24)25/h3-4,9,11-12,15,18,22H,5-8,10,13H2,1-2H3. The normalized spacial score (nSPS) is 19.4. The minimum absolute atomic E-state index is 0.0565. The van der Waals surface area contributed by atoms with Gasteiger partial charge in [0.15, 0.2) is 11.7 Å². The van der Waals surface area contributed by atoms with Crippen molar-refractivity contribution < 1.29 is 18.0 Å². The Bertz CT molecular complexity index is 1060. The van der Waals surface area contributed by atoms with Gasteiger partial charge in [-0.3, -0.25) is 9.69 Å².